The smallest absolute Gasteiger partial charge is 0.174 e. The van der Waals surface area contributed by atoms with Gasteiger partial charge in [0.25, 0.3) is 0 Å². The van der Waals surface area contributed by atoms with Crippen molar-refractivity contribution in [2.24, 2.45) is 5.41 Å². The number of aliphatic hydroxyl groups is 2. The summed E-state index contributed by atoms with van der Waals surface area (Å²) in [4.78, 5) is 25.7. The molecule has 0 atom stereocenters. The van der Waals surface area contributed by atoms with E-state index in [2.05, 4.69) is 0 Å². The predicted octanol–water partition coefficient (Wildman–Crippen LogP) is 2.56. The Kier molecular flexibility index (Phi) is 9.20. The van der Waals surface area contributed by atoms with E-state index in [1.165, 1.54) is 40.6 Å². The Morgan fingerprint density at radius 1 is 0.697 bits per heavy atom. The van der Waals surface area contributed by atoms with E-state index in [1.54, 1.807) is 36.4 Å². The first-order chi connectivity index (χ1) is 15.9. The Bertz CT molecular complexity index is 955. The molecule has 2 aromatic carbocycles. The second kappa shape index (κ2) is 11.8. The number of methoxy groups -OCH3 is 4. The molecule has 0 aliphatic rings. The molecule has 0 aliphatic heterocycles. The number of hydrogen-bond acceptors (Lipinski definition) is 8. The number of hydrogen-bond donors (Lipinski definition) is 2. The van der Waals surface area contributed by atoms with E-state index in [-0.39, 0.29) is 0 Å². The fraction of sp³-hybridized carbons (Fsp3) is 0.280. The molecule has 0 aromatic heterocycles. The maximum atomic E-state index is 12.9. The molecule has 2 rings (SSSR count). The highest BCUT2D eigenvalue weighted by Crippen LogP contribution is 2.30. The van der Waals surface area contributed by atoms with Gasteiger partial charge in [0.1, 0.15) is 5.41 Å². The fourth-order valence-electron chi connectivity index (χ4n) is 3.06. The summed E-state index contributed by atoms with van der Waals surface area (Å²) in [6.45, 7) is -1.71. The van der Waals surface area contributed by atoms with Gasteiger partial charge in [-0.25, -0.2) is 0 Å². The third-order valence-corrected chi connectivity index (χ3v) is 5.15. The van der Waals surface area contributed by atoms with Crippen molar-refractivity contribution in [3.8, 4) is 23.0 Å². The van der Waals surface area contributed by atoms with E-state index in [9.17, 15) is 19.8 Å². The van der Waals surface area contributed by atoms with Crippen LogP contribution in [0, 0.1) is 5.41 Å². The van der Waals surface area contributed by atoms with Gasteiger partial charge in [-0.1, -0.05) is 24.3 Å². The second-order valence-corrected chi connectivity index (χ2v) is 7.02. The van der Waals surface area contributed by atoms with Crippen LogP contribution in [0.5, 0.6) is 23.0 Å². The summed E-state index contributed by atoms with van der Waals surface area (Å²) in [7, 11) is 5.99. The Morgan fingerprint density at radius 3 is 1.36 bits per heavy atom. The predicted molar refractivity (Wildman–Crippen MR) is 124 cm³/mol. The van der Waals surface area contributed by atoms with Gasteiger partial charge in [0, 0.05) is 0 Å². The molecule has 0 saturated carbocycles. The lowest BCUT2D eigenvalue weighted by Crippen LogP contribution is -2.44. The number of rotatable bonds is 12. The molecule has 0 radical (unpaired) electrons. The van der Waals surface area contributed by atoms with E-state index >= 15 is 0 Å². The van der Waals surface area contributed by atoms with Gasteiger partial charge in [-0.05, 0) is 47.5 Å². The van der Waals surface area contributed by atoms with Crippen molar-refractivity contribution in [3.63, 3.8) is 0 Å². The van der Waals surface area contributed by atoms with Crippen LogP contribution in [0.1, 0.15) is 11.1 Å². The molecule has 8 heteroatoms. The molecule has 2 aromatic rings. The zero-order valence-corrected chi connectivity index (χ0v) is 19.0. The summed E-state index contributed by atoms with van der Waals surface area (Å²) in [6.07, 6.45) is 5.23. The molecule has 33 heavy (non-hydrogen) atoms. The topological polar surface area (TPSA) is 112 Å². The van der Waals surface area contributed by atoms with Crippen molar-refractivity contribution >= 4 is 23.7 Å². The third-order valence-electron chi connectivity index (χ3n) is 5.15. The van der Waals surface area contributed by atoms with Crippen molar-refractivity contribution in [1.82, 2.24) is 0 Å². The Labute approximate surface area is 192 Å². The van der Waals surface area contributed by atoms with Gasteiger partial charge in [-0.2, -0.15) is 0 Å². The normalized spacial score (nSPS) is 11.6. The van der Waals surface area contributed by atoms with Gasteiger partial charge in [0.15, 0.2) is 34.6 Å². The fourth-order valence-corrected chi connectivity index (χ4v) is 3.06. The van der Waals surface area contributed by atoms with Crippen molar-refractivity contribution in [2.75, 3.05) is 41.7 Å². The number of aliphatic hydroxyl groups excluding tert-OH is 2. The molecule has 0 unspecified atom stereocenters. The zero-order chi connectivity index (χ0) is 24.4. The van der Waals surface area contributed by atoms with Crippen LogP contribution in [0.3, 0.4) is 0 Å². The summed E-state index contributed by atoms with van der Waals surface area (Å²) >= 11 is 0. The van der Waals surface area contributed by atoms with E-state index < -0.39 is 30.2 Å². The molecule has 8 nitrogen and oxygen atoms in total. The van der Waals surface area contributed by atoms with Crippen molar-refractivity contribution in [2.45, 2.75) is 0 Å². The molecular formula is C25H28O8. The quantitative estimate of drug-likeness (QED) is 0.370. The first-order valence-electron chi connectivity index (χ1n) is 9.99. The van der Waals surface area contributed by atoms with Crippen molar-refractivity contribution < 1.29 is 38.7 Å². The summed E-state index contributed by atoms with van der Waals surface area (Å²) in [5, 5.41) is 19.7. The minimum Gasteiger partial charge on any atom is -0.493 e. The minimum absolute atomic E-state index is 0.469. The summed E-state index contributed by atoms with van der Waals surface area (Å²) in [5.74, 6) is 0.523. The molecule has 0 amide bonds. The molecule has 0 spiro atoms. The Hall–Kier alpha value is -3.62. The molecule has 0 aliphatic carbocycles. The molecule has 0 saturated heterocycles. The van der Waals surface area contributed by atoms with Crippen LogP contribution in [-0.2, 0) is 9.59 Å². The maximum Gasteiger partial charge on any atom is 0.174 e. The average molecular weight is 456 g/mol. The van der Waals surface area contributed by atoms with Crippen LogP contribution < -0.4 is 18.9 Å². The van der Waals surface area contributed by atoms with Crippen LogP contribution >= 0.6 is 0 Å². The van der Waals surface area contributed by atoms with Gasteiger partial charge in [0.05, 0.1) is 41.7 Å². The number of carbonyl (C=O) groups excluding carboxylic acids is 2. The highest BCUT2D eigenvalue weighted by molar-refractivity contribution is 6.17. The van der Waals surface area contributed by atoms with E-state index in [0.717, 1.165) is 12.2 Å². The molecule has 0 heterocycles. The van der Waals surface area contributed by atoms with Gasteiger partial charge in [-0.15, -0.1) is 0 Å². The second-order valence-electron chi connectivity index (χ2n) is 7.02. The lowest BCUT2D eigenvalue weighted by Gasteiger charge is -2.23. The van der Waals surface area contributed by atoms with Gasteiger partial charge in [-0.3, -0.25) is 9.59 Å². The number of ketones is 2. The molecule has 2 N–H and O–H groups in total. The molecule has 176 valence electrons. The minimum atomic E-state index is -2.01. The maximum absolute atomic E-state index is 12.9. The highest BCUT2D eigenvalue weighted by Gasteiger charge is 2.42. The molecule has 0 bridgehead atoms. The number of allylic oxidation sites excluding steroid dienone is 2. The van der Waals surface area contributed by atoms with E-state index in [4.69, 9.17) is 18.9 Å². The SMILES string of the molecule is COc1ccc(/C=C/C(=O)C(CO)(CO)C(=O)/C=C/c2ccc(OC)c(OC)c2)cc1OC. The van der Waals surface area contributed by atoms with Crippen LogP contribution in [-0.4, -0.2) is 63.4 Å². The molecular weight excluding hydrogens is 428 g/mol. The van der Waals surface area contributed by atoms with Crippen LogP contribution in [0.25, 0.3) is 12.2 Å². The standard InChI is InChI=1S/C25H28O8/c1-30-19-9-5-17(13-21(19)32-3)7-11-23(28)25(15-26,16-27)24(29)12-8-18-6-10-20(31-2)22(14-18)33-4/h5-14,26-27H,15-16H2,1-4H3/b11-7+,12-8+. The monoisotopic (exact) mass is 456 g/mol. The van der Waals surface area contributed by atoms with Crippen LogP contribution in [0.2, 0.25) is 0 Å². The lowest BCUT2D eigenvalue weighted by atomic mass is 9.80. The van der Waals surface area contributed by atoms with Crippen molar-refractivity contribution in [1.29, 1.82) is 0 Å². The Balaban J connectivity index is 2.27. The summed E-state index contributed by atoms with van der Waals surface area (Å²) in [6, 6.07) is 10.0. The summed E-state index contributed by atoms with van der Waals surface area (Å²) < 4.78 is 20.8. The molecule has 0 fully saturated rings. The Morgan fingerprint density at radius 2 is 1.06 bits per heavy atom. The highest BCUT2D eigenvalue weighted by atomic mass is 16.5. The van der Waals surface area contributed by atoms with E-state index in [0.29, 0.717) is 34.1 Å². The van der Waals surface area contributed by atoms with Gasteiger partial charge in [0.2, 0.25) is 0 Å². The first-order valence-corrected chi connectivity index (χ1v) is 9.99. The third kappa shape index (κ3) is 5.79. The van der Waals surface area contributed by atoms with Gasteiger partial charge >= 0.3 is 0 Å². The largest absolute Gasteiger partial charge is 0.493 e. The first kappa shape index (κ1) is 25.6. The van der Waals surface area contributed by atoms with Crippen molar-refractivity contribution in [3.05, 3.63) is 59.7 Å². The van der Waals surface area contributed by atoms with Gasteiger partial charge < -0.3 is 29.2 Å². The number of benzene rings is 2. The van der Waals surface area contributed by atoms with E-state index in [1.807, 2.05) is 0 Å². The lowest BCUT2D eigenvalue weighted by molar-refractivity contribution is -0.140. The zero-order valence-electron chi connectivity index (χ0n) is 19.0. The summed E-state index contributed by atoms with van der Waals surface area (Å²) in [5.41, 5.74) is -0.793. The average Bonchev–Trinajstić information content (AvgIpc) is 2.86. The van der Waals surface area contributed by atoms with Crippen LogP contribution in [0.4, 0.5) is 0 Å². The number of carbonyl (C=O) groups is 2. The number of ether oxygens (including phenoxy) is 4. The van der Waals surface area contributed by atoms with Crippen LogP contribution in [0.15, 0.2) is 48.6 Å².